The molecule has 19 heavy (non-hydrogen) atoms. The molecule has 0 aromatic carbocycles. The Balaban J connectivity index is 2.05. The summed E-state index contributed by atoms with van der Waals surface area (Å²) in [7, 11) is 1.36. The van der Waals surface area contributed by atoms with Crippen molar-refractivity contribution >= 4 is 17.4 Å². The summed E-state index contributed by atoms with van der Waals surface area (Å²) in [6.45, 7) is -0.476. The molecule has 1 N–H and O–H groups in total. The third kappa shape index (κ3) is 4.54. The van der Waals surface area contributed by atoms with Crippen LogP contribution in [-0.4, -0.2) is 30.8 Å². The number of pyridine rings is 1. The van der Waals surface area contributed by atoms with E-state index in [1.54, 1.807) is 6.07 Å². The van der Waals surface area contributed by atoms with E-state index in [1.165, 1.54) is 13.2 Å². The van der Waals surface area contributed by atoms with Gasteiger partial charge >= 0.3 is 6.18 Å². The molecule has 3 nitrogen and oxygen atoms in total. The van der Waals surface area contributed by atoms with Crippen LogP contribution in [0.2, 0.25) is 5.02 Å². The minimum Gasteiger partial charge on any atom is -0.351 e. The Morgan fingerprint density at radius 3 is 2.74 bits per heavy atom. The van der Waals surface area contributed by atoms with Gasteiger partial charge in [-0.3, -0.25) is 0 Å². The van der Waals surface area contributed by atoms with Crippen molar-refractivity contribution in [3.63, 3.8) is 0 Å². The van der Waals surface area contributed by atoms with E-state index in [2.05, 4.69) is 10.3 Å². The van der Waals surface area contributed by atoms with E-state index in [4.69, 9.17) is 11.6 Å². The van der Waals surface area contributed by atoms with Gasteiger partial charge in [-0.1, -0.05) is 11.6 Å². The average Bonchev–Trinajstić information content (AvgIpc) is 3.09. The molecule has 0 radical (unpaired) electrons. The van der Waals surface area contributed by atoms with E-state index in [0.29, 0.717) is 17.6 Å². The van der Waals surface area contributed by atoms with E-state index in [1.807, 2.05) is 0 Å². The quantitative estimate of drug-likeness (QED) is 0.904. The van der Waals surface area contributed by atoms with Crippen LogP contribution in [0.5, 0.6) is 0 Å². The van der Waals surface area contributed by atoms with Gasteiger partial charge in [0.05, 0.1) is 5.02 Å². The highest BCUT2D eigenvalue weighted by Crippen LogP contribution is 2.25. The van der Waals surface area contributed by atoms with Crippen molar-refractivity contribution in [2.45, 2.75) is 31.6 Å². The molecule has 0 atom stereocenters. The third-order valence-electron chi connectivity index (χ3n) is 2.89. The third-order valence-corrected chi connectivity index (χ3v) is 3.23. The Hall–Kier alpha value is -1.01. The second-order valence-electron chi connectivity index (χ2n) is 4.76. The first-order valence-electron chi connectivity index (χ1n) is 6.01. The number of aromatic nitrogens is 1. The van der Waals surface area contributed by atoms with Crippen molar-refractivity contribution in [1.29, 1.82) is 0 Å². The molecular formula is C12H15ClF3N3. The van der Waals surface area contributed by atoms with Gasteiger partial charge in [0.25, 0.3) is 0 Å². The fraction of sp³-hybridized carbons (Fsp3) is 0.583. The molecule has 7 heteroatoms. The van der Waals surface area contributed by atoms with Gasteiger partial charge in [0.15, 0.2) is 0 Å². The molecule has 1 aromatic heterocycles. The number of halogens is 4. The van der Waals surface area contributed by atoms with Crippen LogP contribution < -0.4 is 10.2 Å². The molecule has 1 aliphatic carbocycles. The zero-order valence-electron chi connectivity index (χ0n) is 10.5. The van der Waals surface area contributed by atoms with Crippen LogP contribution in [-0.2, 0) is 6.54 Å². The van der Waals surface area contributed by atoms with Crippen molar-refractivity contribution in [1.82, 2.24) is 10.3 Å². The van der Waals surface area contributed by atoms with Gasteiger partial charge in [0, 0.05) is 25.8 Å². The van der Waals surface area contributed by atoms with E-state index in [9.17, 15) is 13.2 Å². The maximum Gasteiger partial charge on any atom is 0.405 e. The van der Waals surface area contributed by atoms with Gasteiger partial charge in [-0.15, -0.1) is 0 Å². The second kappa shape index (κ2) is 5.54. The second-order valence-corrected chi connectivity index (χ2v) is 5.17. The Kier molecular flexibility index (Phi) is 4.20. The van der Waals surface area contributed by atoms with Crippen molar-refractivity contribution < 1.29 is 13.2 Å². The number of rotatable bonds is 5. The molecule has 2 rings (SSSR count). The van der Waals surface area contributed by atoms with Crippen LogP contribution in [0.3, 0.4) is 0 Å². The fourth-order valence-electron chi connectivity index (χ4n) is 1.70. The zero-order chi connectivity index (χ0) is 14.0. The molecule has 0 saturated heterocycles. The molecule has 1 aliphatic rings. The normalized spacial score (nSPS) is 15.6. The lowest BCUT2D eigenvalue weighted by atomic mass is 10.2. The lowest BCUT2D eigenvalue weighted by Gasteiger charge is -2.20. The number of hydrogen-bond acceptors (Lipinski definition) is 3. The van der Waals surface area contributed by atoms with Crippen LogP contribution in [0.1, 0.15) is 18.4 Å². The zero-order valence-corrected chi connectivity index (χ0v) is 11.2. The van der Waals surface area contributed by atoms with Crippen LogP contribution in [0.4, 0.5) is 19.0 Å². The smallest absolute Gasteiger partial charge is 0.351 e. The summed E-state index contributed by atoms with van der Waals surface area (Å²) in [6, 6.07) is 2.12. The van der Waals surface area contributed by atoms with Crippen LogP contribution in [0, 0.1) is 0 Å². The lowest BCUT2D eigenvalue weighted by molar-refractivity contribution is -0.119. The van der Waals surface area contributed by atoms with Crippen LogP contribution in [0.15, 0.2) is 12.3 Å². The summed E-state index contributed by atoms with van der Waals surface area (Å²) in [5.74, 6) is 0.273. The van der Waals surface area contributed by atoms with Crippen molar-refractivity contribution in [2.24, 2.45) is 0 Å². The predicted molar refractivity (Wildman–Crippen MR) is 68.4 cm³/mol. The molecule has 1 heterocycles. The van der Waals surface area contributed by atoms with Crippen molar-refractivity contribution in [2.75, 3.05) is 18.5 Å². The highest BCUT2D eigenvalue weighted by Gasteiger charge is 2.30. The molecule has 0 unspecified atom stereocenters. The summed E-state index contributed by atoms with van der Waals surface area (Å²) in [5, 5.41) is 3.74. The Morgan fingerprint density at radius 1 is 1.47 bits per heavy atom. The van der Waals surface area contributed by atoms with Crippen LogP contribution in [0.25, 0.3) is 0 Å². The van der Waals surface area contributed by atoms with E-state index in [0.717, 1.165) is 23.3 Å². The highest BCUT2D eigenvalue weighted by atomic mass is 35.5. The summed E-state index contributed by atoms with van der Waals surface area (Å²) in [4.78, 5) is 5.00. The first-order chi connectivity index (χ1) is 8.85. The maximum atomic E-state index is 12.3. The molecule has 0 amide bonds. The average molecular weight is 294 g/mol. The molecule has 0 bridgehead atoms. The van der Waals surface area contributed by atoms with Gasteiger partial charge < -0.3 is 10.2 Å². The lowest BCUT2D eigenvalue weighted by Crippen LogP contribution is -2.31. The number of nitrogens with zero attached hydrogens (tertiary/aromatic N) is 2. The minimum absolute atomic E-state index is 0.273. The molecule has 1 saturated carbocycles. The molecule has 1 fully saturated rings. The topological polar surface area (TPSA) is 28.2 Å². The highest BCUT2D eigenvalue weighted by molar-refractivity contribution is 6.31. The number of alkyl halides is 3. The maximum absolute atomic E-state index is 12.3. The molecule has 1 aromatic rings. The van der Waals surface area contributed by atoms with Crippen LogP contribution >= 0.6 is 11.6 Å². The van der Waals surface area contributed by atoms with Gasteiger partial charge in [-0.05, 0) is 24.5 Å². The number of anilines is 1. The number of nitrogens with one attached hydrogen (secondary N) is 1. The van der Waals surface area contributed by atoms with Gasteiger partial charge in [0.1, 0.15) is 12.4 Å². The largest absolute Gasteiger partial charge is 0.405 e. The summed E-state index contributed by atoms with van der Waals surface area (Å²) >= 11 is 5.99. The predicted octanol–water partition coefficient (Wildman–Crippen LogP) is 2.99. The first-order valence-corrected chi connectivity index (χ1v) is 6.38. The fourth-order valence-corrected chi connectivity index (χ4v) is 1.87. The molecule has 106 valence electrons. The van der Waals surface area contributed by atoms with E-state index >= 15 is 0 Å². The SMILES string of the molecule is CN(CC(F)(F)F)c1cc(CNC2CC2)c(Cl)cn1. The first kappa shape index (κ1) is 14.4. The van der Waals surface area contributed by atoms with Gasteiger partial charge in [0.2, 0.25) is 0 Å². The molecule has 0 aliphatic heterocycles. The molecular weight excluding hydrogens is 279 g/mol. The Labute approximate surface area is 114 Å². The Bertz CT molecular complexity index is 446. The Morgan fingerprint density at radius 2 is 2.16 bits per heavy atom. The summed E-state index contributed by atoms with van der Waals surface area (Å²) in [6.07, 6.45) is -0.566. The monoisotopic (exact) mass is 293 g/mol. The minimum atomic E-state index is -4.25. The summed E-state index contributed by atoms with van der Waals surface area (Å²) in [5.41, 5.74) is 0.771. The van der Waals surface area contributed by atoms with E-state index < -0.39 is 12.7 Å². The van der Waals surface area contributed by atoms with Gasteiger partial charge in [-0.2, -0.15) is 13.2 Å². The van der Waals surface area contributed by atoms with E-state index in [-0.39, 0.29) is 5.82 Å². The number of hydrogen-bond donors (Lipinski definition) is 1. The molecule has 0 spiro atoms. The van der Waals surface area contributed by atoms with Gasteiger partial charge in [-0.25, -0.2) is 4.98 Å². The van der Waals surface area contributed by atoms with Crippen molar-refractivity contribution in [3.05, 3.63) is 22.8 Å². The standard InChI is InChI=1S/C12H15ClF3N3/c1-19(7-12(14,15)16)11-4-8(10(13)6-18-11)5-17-9-2-3-9/h4,6,9,17H,2-3,5,7H2,1H3. The van der Waals surface area contributed by atoms with Crippen molar-refractivity contribution in [3.8, 4) is 0 Å². The summed E-state index contributed by atoms with van der Waals surface area (Å²) < 4.78 is 37.0.